The van der Waals surface area contributed by atoms with Crippen molar-refractivity contribution in [3.63, 3.8) is 0 Å². The van der Waals surface area contributed by atoms with Gasteiger partial charge in [0.1, 0.15) is 5.78 Å². The second kappa shape index (κ2) is 7.67. The third kappa shape index (κ3) is 3.49. The van der Waals surface area contributed by atoms with Crippen LogP contribution in [-0.4, -0.2) is 16.6 Å². The van der Waals surface area contributed by atoms with Crippen LogP contribution >= 0.6 is 0 Å². The molecule has 1 fully saturated rings. The summed E-state index contributed by atoms with van der Waals surface area (Å²) in [5.74, 6) is 0.106. The summed E-state index contributed by atoms with van der Waals surface area (Å²) < 4.78 is 0. The maximum atomic E-state index is 12.9. The first-order chi connectivity index (χ1) is 14.0. The van der Waals surface area contributed by atoms with E-state index in [4.69, 9.17) is 0 Å². The standard InChI is InChI=1S/C26H25NO2/c1-19-26(20(2)28,17-21-9-4-3-5-10-21)16-15-25(29)27(19)18-23-13-8-12-22-11-6-7-14-24(22)23/h3-14H,1,15-18H2,2H3. The van der Waals surface area contributed by atoms with Gasteiger partial charge in [-0.1, -0.05) is 79.4 Å². The Hall–Kier alpha value is -3.20. The highest BCUT2D eigenvalue weighted by Crippen LogP contribution is 2.43. The van der Waals surface area contributed by atoms with Crippen molar-refractivity contribution in [2.45, 2.75) is 32.7 Å². The van der Waals surface area contributed by atoms with Crippen molar-refractivity contribution in [3.8, 4) is 0 Å². The number of hydrogen-bond acceptors (Lipinski definition) is 2. The number of hydrogen-bond donors (Lipinski definition) is 0. The van der Waals surface area contributed by atoms with E-state index in [0.29, 0.717) is 31.5 Å². The van der Waals surface area contributed by atoms with Crippen LogP contribution in [0.2, 0.25) is 0 Å². The van der Waals surface area contributed by atoms with E-state index in [1.165, 1.54) is 0 Å². The summed E-state index contributed by atoms with van der Waals surface area (Å²) in [5, 5.41) is 2.26. The van der Waals surface area contributed by atoms with Gasteiger partial charge in [-0.3, -0.25) is 9.59 Å². The lowest BCUT2D eigenvalue weighted by molar-refractivity contribution is -0.138. The van der Waals surface area contributed by atoms with E-state index in [9.17, 15) is 9.59 Å². The molecule has 146 valence electrons. The van der Waals surface area contributed by atoms with Gasteiger partial charge in [0.2, 0.25) is 5.91 Å². The van der Waals surface area contributed by atoms with Gasteiger partial charge in [0, 0.05) is 12.1 Å². The topological polar surface area (TPSA) is 37.4 Å². The highest BCUT2D eigenvalue weighted by molar-refractivity contribution is 5.91. The summed E-state index contributed by atoms with van der Waals surface area (Å²) in [7, 11) is 0. The zero-order valence-electron chi connectivity index (χ0n) is 16.7. The van der Waals surface area contributed by atoms with Crippen LogP contribution in [0, 0.1) is 5.41 Å². The number of rotatable bonds is 5. The van der Waals surface area contributed by atoms with Crippen molar-refractivity contribution in [2.75, 3.05) is 0 Å². The Labute approximate surface area is 171 Å². The van der Waals surface area contributed by atoms with Crippen molar-refractivity contribution >= 4 is 22.5 Å². The number of benzene rings is 3. The molecule has 4 rings (SSSR count). The average molecular weight is 383 g/mol. The molecule has 1 aliphatic rings. The number of amides is 1. The molecule has 0 radical (unpaired) electrons. The molecular formula is C26H25NO2. The van der Waals surface area contributed by atoms with E-state index in [0.717, 1.165) is 21.9 Å². The minimum absolute atomic E-state index is 0.0351. The van der Waals surface area contributed by atoms with E-state index in [1.54, 1.807) is 11.8 Å². The Morgan fingerprint density at radius 1 is 1.00 bits per heavy atom. The minimum atomic E-state index is -0.736. The lowest BCUT2D eigenvalue weighted by Gasteiger charge is -2.43. The fourth-order valence-electron chi connectivity index (χ4n) is 4.43. The summed E-state index contributed by atoms with van der Waals surface area (Å²) in [4.78, 5) is 27.4. The molecule has 29 heavy (non-hydrogen) atoms. The van der Waals surface area contributed by atoms with Crippen LogP contribution in [0.4, 0.5) is 0 Å². The molecule has 0 aliphatic carbocycles. The first kappa shape index (κ1) is 19.1. The molecule has 3 heteroatoms. The minimum Gasteiger partial charge on any atom is -0.311 e. The van der Waals surface area contributed by atoms with Crippen LogP contribution in [-0.2, 0) is 22.6 Å². The zero-order valence-corrected chi connectivity index (χ0v) is 16.7. The van der Waals surface area contributed by atoms with Crippen molar-refractivity contribution in [3.05, 3.63) is 96.2 Å². The Kier molecular flexibility index (Phi) is 5.06. The molecule has 0 aromatic heterocycles. The van der Waals surface area contributed by atoms with Gasteiger partial charge in [-0.2, -0.15) is 0 Å². The van der Waals surface area contributed by atoms with Crippen molar-refractivity contribution in [1.29, 1.82) is 0 Å². The highest BCUT2D eigenvalue weighted by atomic mass is 16.2. The number of Topliss-reactive ketones (excluding diaryl/α,β-unsaturated/α-hetero) is 1. The molecule has 1 saturated heterocycles. The Bertz CT molecular complexity index is 1080. The molecule has 1 aliphatic heterocycles. The molecule has 0 N–H and O–H groups in total. The number of likely N-dealkylation sites (tertiary alicyclic amines) is 1. The van der Waals surface area contributed by atoms with Gasteiger partial charge in [-0.05, 0) is 41.7 Å². The maximum absolute atomic E-state index is 12.9. The van der Waals surface area contributed by atoms with E-state index in [-0.39, 0.29) is 11.7 Å². The molecule has 0 saturated carbocycles. The number of allylic oxidation sites excluding steroid dienone is 1. The van der Waals surface area contributed by atoms with Crippen LogP contribution in [0.25, 0.3) is 10.8 Å². The Morgan fingerprint density at radius 3 is 2.45 bits per heavy atom. The van der Waals surface area contributed by atoms with Gasteiger partial charge in [-0.15, -0.1) is 0 Å². The summed E-state index contributed by atoms with van der Waals surface area (Å²) in [6.07, 6.45) is 1.44. The molecule has 3 nitrogen and oxygen atoms in total. The molecule has 1 atom stereocenters. The largest absolute Gasteiger partial charge is 0.311 e. The molecule has 0 spiro atoms. The van der Waals surface area contributed by atoms with Crippen molar-refractivity contribution in [2.24, 2.45) is 5.41 Å². The molecule has 1 heterocycles. The first-order valence-electron chi connectivity index (χ1n) is 10.0. The molecule has 1 unspecified atom stereocenters. The van der Waals surface area contributed by atoms with Crippen molar-refractivity contribution < 1.29 is 9.59 Å². The second-order valence-corrected chi connectivity index (χ2v) is 7.87. The normalized spacial score (nSPS) is 19.6. The van der Waals surface area contributed by atoms with Crippen LogP contribution in [0.3, 0.4) is 0 Å². The average Bonchev–Trinajstić information content (AvgIpc) is 2.74. The van der Waals surface area contributed by atoms with E-state index >= 15 is 0 Å². The van der Waals surface area contributed by atoms with Gasteiger partial charge >= 0.3 is 0 Å². The van der Waals surface area contributed by atoms with E-state index in [2.05, 4.69) is 24.8 Å². The number of nitrogens with zero attached hydrogens (tertiary/aromatic N) is 1. The molecule has 0 bridgehead atoms. The monoisotopic (exact) mass is 383 g/mol. The van der Waals surface area contributed by atoms with Crippen LogP contribution in [0.5, 0.6) is 0 Å². The number of piperidine rings is 1. The van der Waals surface area contributed by atoms with E-state index in [1.807, 2.05) is 54.6 Å². The Balaban J connectivity index is 1.70. The number of ketones is 1. The van der Waals surface area contributed by atoms with Gasteiger partial charge in [0.05, 0.1) is 12.0 Å². The highest BCUT2D eigenvalue weighted by Gasteiger charge is 2.46. The second-order valence-electron chi connectivity index (χ2n) is 7.87. The fraction of sp³-hybridized carbons (Fsp3) is 0.231. The number of carbonyl (C=O) groups excluding carboxylic acids is 2. The summed E-state index contributed by atoms with van der Waals surface area (Å²) in [5.41, 5.74) is 2.04. The third-order valence-corrected chi connectivity index (χ3v) is 6.18. The zero-order chi connectivity index (χ0) is 20.4. The maximum Gasteiger partial charge on any atom is 0.227 e. The predicted octanol–water partition coefficient (Wildman–Crippen LogP) is 5.29. The molecule has 3 aromatic carbocycles. The Morgan fingerprint density at radius 2 is 1.69 bits per heavy atom. The van der Waals surface area contributed by atoms with Gasteiger partial charge < -0.3 is 4.90 Å². The SMILES string of the molecule is C=C1N(Cc2cccc3ccccc23)C(=O)CCC1(Cc1ccccc1)C(C)=O. The summed E-state index contributed by atoms with van der Waals surface area (Å²) in [6, 6.07) is 24.3. The number of fused-ring (bicyclic) bond motifs is 1. The third-order valence-electron chi connectivity index (χ3n) is 6.18. The quantitative estimate of drug-likeness (QED) is 0.600. The van der Waals surface area contributed by atoms with Crippen LogP contribution < -0.4 is 0 Å². The predicted molar refractivity (Wildman–Crippen MR) is 116 cm³/mol. The fourth-order valence-corrected chi connectivity index (χ4v) is 4.43. The first-order valence-corrected chi connectivity index (χ1v) is 10.0. The van der Waals surface area contributed by atoms with Gasteiger partial charge in [0.15, 0.2) is 0 Å². The number of carbonyl (C=O) groups is 2. The molecule has 3 aromatic rings. The van der Waals surface area contributed by atoms with Gasteiger partial charge in [-0.25, -0.2) is 0 Å². The molecule has 1 amide bonds. The van der Waals surface area contributed by atoms with E-state index < -0.39 is 5.41 Å². The molecular weight excluding hydrogens is 358 g/mol. The lowest BCUT2D eigenvalue weighted by Crippen LogP contribution is -2.48. The summed E-state index contributed by atoms with van der Waals surface area (Å²) in [6.45, 7) is 6.34. The van der Waals surface area contributed by atoms with Crippen molar-refractivity contribution in [1.82, 2.24) is 4.90 Å². The van der Waals surface area contributed by atoms with Gasteiger partial charge in [0.25, 0.3) is 0 Å². The van der Waals surface area contributed by atoms with Crippen LogP contribution in [0.15, 0.2) is 85.1 Å². The van der Waals surface area contributed by atoms with Crippen LogP contribution in [0.1, 0.15) is 30.9 Å². The summed E-state index contributed by atoms with van der Waals surface area (Å²) >= 11 is 0. The smallest absolute Gasteiger partial charge is 0.227 e. The lowest BCUT2D eigenvalue weighted by atomic mass is 9.69.